The lowest BCUT2D eigenvalue weighted by molar-refractivity contribution is 0.287. The van der Waals surface area contributed by atoms with Crippen molar-refractivity contribution in [2.75, 3.05) is 13.7 Å². The van der Waals surface area contributed by atoms with Gasteiger partial charge in [0.05, 0.1) is 28.9 Å². The Morgan fingerprint density at radius 2 is 1.68 bits per heavy atom. The fraction of sp³-hybridized carbons (Fsp3) is 0.294. The van der Waals surface area contributed by atoms with E-state index in [0.29, 0.717) is 21.4 Å². The Morgan fingerprint density at radius 1 is 1.04 bits per heavy atom. The van der Waals surface area contributed by atoms with Crippen LogP contribution in [0.1, 0.15) is 12.5 Å². The van der Waals surface area contributed by atoms with Crippen molar-refractivity contribution in [1.29, 1.82) is 0 Å². The maximum absolute atomic E-state index is 12.2. The van der Waals surface area contributed by atoms with Crippen LogP contribution in [0.2, 0.25) is 10.0 Å². The van der Waals surface area contributed by atoms with Crippen LogP contribution in [0.4, 0.5) is 0 Å². The Kier molecular flexibility index (Phi) is 6.95. The molecule has 0 fully saturated rings. The third-order valence-electron chi connectivity index (χ3n) is 3.28. The Balaban J connectivity index is 1.89. The predicted molar refractivity (Wildman–Crippen MR) is 100 cm³/mol. The third-order valence-corrected chi connectivity index (χ3v) is 5.49. The van der Waals surface area contributed by atoms with Gasteiger partial charge in [-0.2, -0.15) is 0 Å². The van der Waals surface area contributed by atoms with Crippen LogP contribution in [0.3, 0.4) is 0 Å². The van der Waals surface area contributed by atoms with Gasteiger partial charge in [0.2, 0.25) is 10.0 Å². The van der Waals surface area contributed by atoms with Gasteiger partial charge in [0.15, 0.2) is 0 Å². The normalized spacial score (nSPS) is 12.6. The lowest BCUT2D eigenvalue weighted by atomic mass is 10.2. The number of nitrogens with one attached hydrogen (secondary N) is 1. The number of methoxy groups -OCH3 is 1. The van der Waals surface area contributed by atoms with Gasteiger partial charge >= 0.3 is 0 Å². The third kappa shape index (κ3) is 6.40. The summed E-state index contributed by atoms with van der Waals surface area (Å²) >= 11 is 11.7. The molecule has 0 bridgehead atoms. The van der Waals surface area contributed by atoms with Crippen molar-refractivity contribution in [3.63, 3.8) is 0 Å². The molecule has 1 unspecified atom stereocenters. The van der Waals surface area contributed by atoms with Crippen molar-refractivity contribution in [2.24, 2.45) is 0 Å². The lowest BCUT2D eigenvalue weighted by Gasteiger charge is -2.15. The van der Waals surface area contributed by atoms with E-state index in [-0.39, 0.29) is 12.4 Å². The summed E-state index contributed by atoms with van der Waals surface area (Å²) in [5.74, 6) is 1.18. The van der Waals surface area contributed by atoms with Gasteiger partial charge in [-0.15, -0.1) is 0 Å². The Morgan fingerprint density at radius 3 is 2.28 bits per heavy atom. The molecule has 1 atom stereocenters. The van der Waals surface area contributed by atoms with Gasteiger partial charge < -0.3 is 9.47 Å². The van der Waals surface area contributed by atoms with Gasteiger partial charge in [-0.1, -0.05) is 29.3 Å². The second kappa shape index (κ2) is 8.76. The minimum Gasteiger partial charge on any atom is -0.497 e. The molecular weight excluding hydrogens is 385 g/mol. The van der Waals surface area contributed by atoms with E-state index in [1.54, 1.807) is 56.5 Å². The standard InChI is InChI=1S/C17H19Cl2NO4S/c1-12(10-24-15-6-4-14(23-2)5-7-15)20-25(21,22)11-13-3-8-16(18)17(19)9-13/h3-9,12,20H,10-11H2,1-2H3. The first-order valence-electron chi connectivity index (χ1n) is 7.50. The SMILES string of the molecule is COc1ccc(OCC(C)NS(=O)(=O)Cc2ccc(Cl)c(Cl)c2)cc1. The van der Waals surface area contributed by atoms with Crippen molar-refractivity contribution < 1.29 is 17.9 Å². The molecule has 5 nitrogen and oxygen atoms in total. The molecule has 0 heterocycles. The summed E-state index contributed by atoms with van der Waals surface area (Å²) in [6.07, 6.45) is 0. The fourth-order valence-corrected chi connectivity index (χ4v) is 3.83. The van der Waals surface area contributed by atoms with E-state index in [9.17, 15) is 8.42 Å². The number of benzene rings is 2. The molecule has 0 saturated carbocycles. The molecule has 8 heteroatoms. The van der Waals surface area contributed by atoms with E-state index in [1.165, 1.54) is 0 Å². The maximum Gasteiger partial charge on any atom is 0.216 e. The highest BCUT2D eigenvalue weighted by Crippen LogP contribution is 2.23. The summed E-state index contributed by atoms with van der Waals surface area (Å²) in [4.78, 5) is 0. The first-order chi connectivity index (χ1) is 11.8. The predicted octanol–water partition coefficient (Wildman–Crippen LogP) is 3.89. The minimum absolute atomic E-state index is 0.184. The zero-order valence-electron chi connectivity index (χ0n) is 13.8. The Labute approximate surface area is 157 Å². The summed E-state index contributed by atoms with van der Waals surface area (Å²) in [5.41, 5.74) is 0.560. The second-order valence-electron chi connectivity index (χ2n) is 5.51. The van der Waals surface area contributed by atoms with Gasteiger partial charge in [-0.25, -0.2) is 13.1 Å². The summed E-state index contributed by atoms with van der Waals surface area (Å²) in [7, 11) is -1.95. The summed E-state index contributed by atoms with van der Waals surface area (Å²) < 4.78 is 37.7. The zero-order chi connectivity index (χ0) is 18.4. The van der Waals surface area contributed by atoms with Crippen molar-refractivity contribution >= 4 is 33.2 Å². The average Bonchev–Trinajstić information content (AvgIpc) is 2.56. The topological polar surface area (TPSA) is 64.6 Å². The molecule has 25 heavy (non-hydrogen) atoms. The van der Waals surface area contributed by atoms with Crippen LogP contribution in [-0.4, -0.2) is 28.2 Å². The molecule has 136 valence electrons. The quantitative estimate of drug-likeness (QED) is 0.725. The van der Waals surface area contributed by atoms with Crippen LogP contribution in [-0.2, 0) is 15.8 Å². The van der Waals surface area contributed by atoms with E-state index in [4.69, 9.17) is 32.7 Å². The highest BCUT2D eigenvalue weighted by Gasteiger charge is 2.16. The number of halogens is 2. The van der Waals surface area contributed by atoms with E-state index in [1.807, 2.05) is 0 Å². The minimum atomic E-state index is -3.53. The second-order valence-corrected chi connectivity index (χ2v) is 8.08. The maximum atomic E-state index is 12.2. The molecule has 2 aromatic rings. The largest absolute Gasteiger partial charge is 0.497 e. The van der Waals surface area contributed by atoms with E-state index in [2.05, 4.69) is 4.72 Å². The van der Waals surface area contributed by atoms with Crippen LogP contribution in [0.15, 0.2) is 42.5 Å². The van der Waals surface area contributed by atoms with Gasteiger partial charge in [-0.3, -0.25) is 0 Å². The summed E-state index contributed by atoms with van der Waals surface area (Å²) in [6, 6.07) is 11.4. The highest BCUT2D eigenvalue weighted by atomic mass is 35.5. The molecule has 0 amide bonds. The molecule has 2 aromatic carbocycles. The number of hydrogen-bond acceptors (Lipinski definition) is 4. The molecule has 0 radical (unpaired) electrons. The molecule has 0 aromatic heterocycles. The first-order valence-corrected chi connectivity index (χ1v) is 9.90. The smallest absolute Gasteiger partial charge is 0.216 e. The Bertz CT molecular complexity index is 810. The van der Waals surface area contributed by atoms with Crippen molar-refractivity contribution in [3.05, 3.63) is 58.1 Å². The molecule has 0 saturated heterocycles. The summed E-state index contributed by atoms with van der Waals surface area (Å²) in [5, 5.41) is 0.710. The lowest BCUT2D eigenvalue weighted by Crippen LogP contribution is -2.37. The first kappa shape index (κ1) is 19.8. The molecule has 0 aliphatic rings. The molecule has 0 aliphatic carbocycles. The van der Waals surface area contributed by atoms with Gasteiger partial charge in [-0.05, 0) is 48.9 Å². The number of rotatable bonds is 8. The number of hydrogen-bond donors (Lipinski definition) is 1. The van der Waals surface area contributed by atoms with Crippen molar-refractivity contribution in [3.8, 4) is 11.5 Å². The van der Waals surface area contributed by atoms with Crippen LogP contribution in [0, 0.1) is 0 Å². The molecule has 1 N–H and O–H groups in total. The van der Waals surface area contributed by atoms with Crippen LogP contribution in [0.25, 0.3) is 0 Å². The molecule has 0 aliphatic heterocycles. The van der Waals surface area contributed by atoms with Gasteiger partial charge in [0.25, 0.3) is 0 Å². The number of sulfonamides is 1. The monoisotopic (exact) mass is 403 g/mol. The van der Waals surface area contributed by atoms with Crippen molar-refractivity contribution in [1.82, 2.24) is 4.72 Å². The molecule has 2 rings (SSSR count). The molecular formula is C17H19Cl2NO4S. The average molecular weight is 404 g/mol. The van der Waals surface area contributed by atoms with Crippen LogP contribution < -0.4 is 14.2 Å². The fourth-order valence-electron chi connectivity index (χ4n) is 2.12. The van der Waals surface area contributed by atoms with Gasteiger partial charge in [0.1, 0.15) is 18.1 Å². The summed E-state index contributed by atoms with van der Waals surface area (Å²) in [6.45, 7) is 1.93. The Hall–Kier alpha value is -1.47. The van der Waals surface area contributed by atoms with Gasteiger partial charge in [0, 0.05) is 0 Å². The highest BCUT2D eigenvalue weighted by molar-refractivity contribution is 7.88. The van der Waals surface area contributed by atoms with Crippen LogP contribution >= 0.6 is 23.2 Å². The van der Waals surface area contributed by atoms with E-state index < -0.39 is 16.1 Å². The zero-order valence-corrected chi connectivity index (χ0v) is 16.2. The van der Waals surface area contributed by atoms with Crippen LogP contribution in [0.5, 0.6) is 11.5 Å². The van der Waals surface area contributed by atoms with E-state index >= 15 is 0 Å². The van der Waals surface area contributed by atoms with E-state index in [0.717, 1.165) is 5.75 Å². The molecule has 0 spiro atoms. The number of ether oxygens (including phenoxy) is 2. The van der Waals surface area contributed by atoms with Crippen molar-refractivity contribution in [2.45, 2.75) is 18.7 Å².